The third kappa shape index (κ3) is 4.63. The molecule has 1 aliphatic rings. The number of rotatable bonds is 7. The summed E-state index contributed by atoms with van der Waals surface area (Å²) in [5.41, 5.74) is 2.93. The lowest BCUT2D eigenvalue weighted by atomic mass is 9.95. The normalized spacial score (nSPS) is 20.1. The van der Waals surface area contributed by atoms with Gasteiger partial charge in [0.15, 0.2) is 0 Å². The lowest BCUT2D eigenvalue weighted by Gasteiger charge is -2.17. The molecule has 0 amide bonds. The highest BCUT2D eigenvalue weighted by Gasteiger charge is 2.22. The fourth-order valence-electron chi connectivity index (χ4n) is 2.49. The zero-order valence-corrected chi connectivity index (χ0v) is 13.1. The fourth-order valence-corrected chi connectivity index (χ4v) is 2.68. The van der Waals surface area contributed by atoms with Crippen LogP contribution in [0, 0.1) is 0 Å². The van der Waals surface area contributed by atoms with Gasteiger partial charge in [0.1, 0.15) is 0 Å². The van der Waals surface area contributed by atoms with Crippen molar-refractivity contribution in [3.63, 3.8) is 0 Å². The highest BCUT2D eigenvalue weighted by Crippen LogP contribution is 2.28. The number of halogens is 2. The Hall–Kier alpha value is -0.720. The second-order valence-corrected chi connectivity index (χ2v) is 5.80. The van der Waals surface area contributed by atoms with Gasteiger partial charge in [0, 0.05) is 30.7 Å². The van der Waals surface area contributed by atoms with Gasteiger partial charge in [-0.25, -0.2) is 8.78 Å². The van der Waals surface area contributed by atoms with Gasteiger partial charge in [-0.1, -0.05) is 13.0 Å². The molecule has 0 spiro atoms. The number of hydrogen-bond acceptors (Lipinski definition) is 4. The largest absolute Gasteiger partial charge is 0.381 e. The van der Waals surface area contributed by atoms with Crippen LogP contribution in [-0.4, -0.2) is 36.9 Å². The molecule has 2 atom stereocenters. The maximum Gasteiger partial charge on any atom is 0.250 e. The van der Waals surface area contributed by atoms with Crippen molar-refractivity contribution in [2.75, 3.05) is 25.5 Å². The Balaban J connectivity index is 2.17. The van der Waals surface area contributed by atoms with Gasteiger partial charge in [0.25, 0.3) is 6.43 Å². The van der Waals surface area contributed by atoms with Crippen molar-refractivity contribution in [2.24, 2.45) is 0 Å². The maximum absolute atomic E-state index is 12.3. The average molecular weight is 316 g/mol. The third-order valence-electron chi connectivity index (χ3n) is 3.77. The van der Waals surface area contributed by atoms with Crippen molar-refractivity contribution in [2.45, 2.75) is 38.2 Å². The van der Waals surface area contributed by atoms with Crippen LogP contribution in [0.5, 0.6) is 0 Å². The number of hydrogen-bond donors (Lipinski definition) is 2. The molecule has 1 fully saturated rings. The first-order valence-electron chi connectivity index (χ1n) is 7.29. The van der Waals surface area contributed by atoms with E-state index in [2.05, 4.69) is 35.9 Å². The number of thiol groups is 1. The van der Waals surface area contributed by atoms with Crippen LogP contribution in [-0.2, 0) is 11.3 Å². The number of nitrogens with zero attached hydrogens (tertiary/aromatic N) is 1. The molecule has 118 valence electrons. The van der Waals surface area contributed by atoms with Gasteiger partial charge in [0.05, 0.1) is 18.8 Å². The first-order chi connectivity index (χ1) is 10.1. The molecule has 2 heterocycles. The van der Waals surface area contributed by atoms with Crippen LogP contribution in [0.4, 0.5) is 8.78 Å². The van der Waals surface area contributed by atoms with E-state index < -0.39 is 6.43 Å². The van der Waals surface area contributed by atoms with Crippen molar-refractivity contribution in [3.8, 4) is 0 Å². The van der Waals surface area contributed by atoms with Gasteiger partial charge in [-0.2, -0.15) is 12.6 Å². The van der Waals surface area contributed by atoms with Crippen molar-refractivity contribution < 1.29 is 13.5 Å². The number of nitrogens with one attached hydrogen (secondary N) is 1. The average Bonchev–Trinajstić information content (AvgIpc) is 3.00. The van der Waals surface area contributed by atoms with Crippen molar-refractivity contribution >= 4 is 12.6 Å². The summed E-state index contributed by atoms with van der Waals surface area (Å²) in [6.45, 7) is 3.55. The lowest BCUT2D eigenvalue weighted by molar-refractivity contribution is 0.145. The van der Waals surface area contributed by atoms with Crippen LogP contribution in [0.3, 0.4) is 0 Å². The van der Waals surface area contributed by atoms with E-state index in [1.165, 1.54) is 0 Å². The second-order valence-electron chi connectivity index (χ2n) is 5.44. The molecule has 0 bridgehead atoms. The molecule has 0 aliphatic carbocycles. The van der Waals surface area contributed by atoms with Gasteiger partial charge < -0.3 is 10.1 Å². The minimum atomic E-state index is -2.34. The van der Waals surface area contributed by atoms with E-state index in [1.54, 1.807) is 0 Å². The minimum absolute atomic E-state index is 0.246. The Kier molecular flexibility index (Phi) is 6.39. The van der Waals surface area contributed by atoms with Crippen LogP contribution in [0.1, 0.15) is 42.1 Å². The summed E-state index contributed by atoms with van der Waals surface area (Å²) >= 11 is 4.30. The molecule has 0 radical (unpaired) electrons. The van der Waals surface area contributed by atoms with Crippen LogP contribution >= 0.6 is 12.6 Å². The molecule has 3 nitrogen and oxygen atoms in total. The van der Waals surface area contributed by atoms with Gasteiger partial charge in [0.2, 0.25) is 0 Å². The van der Waals surface area contributed by atoms with Crippen molar-refractivity contribution in [1.29, 1.82) is 0 Å². The Morgan fingerprint density at radius 2 is 2.29 bits per heavy atom. The highest BCUT2D eigenvalue weighted by atomic mass is 32.1. The van der Waals surface area contributed by atoms with Crippen molar-refractivity contribution in [3.05, 3.63) is 29.1 Å². The predicted octanol–water partition coefficient (Wildman–Crippen LogP) is 2.97. The van der Waals surface area contributed by atoms with E-state index in [9.17, 15) is 8.78 Å². The van der Waals surface area contributed by atoms with E-state index in [0.29, 0.717) is 24.8 Å². The molecule has 0 aromatic carbocycles. The predicted molar refractivity (Wildman–Crippen MR) is 82.4 cm³/mol. The van der Waals surface area contributed by atoms with E-state index in [1.807, 2.05) is 6.07 Å². The molecule has 1 aromatic heterocycles. The van der Waals surface area contributed by atoms with E-state index in [-0.39, 0.29) is 12.5 Å². The van der Waals surface area contributed by atoms with Crippen LogP contribution in [0.15, 0.2) is 12.1 Å². The molecule has 6 heteroatoms. The fraction of sp³-hybridized carbons (Fsp3) is 0.667. The second kappa shape index (κ2) is 8.06. The van der Waals surface area contributed by atoms with Crippen LogP contribution < -0.4 is 5.32 Å². The van der Waals surface area contributed by atoms with E-state index in [4.69, 9.17) is 4.74 Å². The van der Waals surface area contributed by atoms with Crippen molar-refractivity contribution in [1.82, 2.24) is 10.3 Å². The van der Waals surface area contributed by atoms with Crippen LogP contribution in [0.2, 0.25) is 0 Å². The van der Waals surface area contributed by atoms with Gasteiger partial charge in [-0.05, 0) is 23.8 Å². The number of aromatic nitrogens is 1. The summed E-state index contributed by atoms with van der Waals surface area (Å²) in [6, 6.07) is 4.09. The highest BCUT2D eigenvalue weighted by molar-refractivity contribution is 7.80. The minimum Gasteiger partial charge on any atom is -0.381 e. The lowest BCUT2D eigenvalue weighted by Crippen LogP contribution is -2.23. The Labute approximate surface area is 129 Å². The van der Waals surface area contributed by atoms with Crippen LogP contribution in [0.25, 0.3) is 0 Å². The molecule has 1 aliphatic heterocycles. The number of alkyl halides is 2. The van der Waals surface area contributed by atoms with E-state index in [0.717, 1.165) is 30.0 Å². The standard InChI is InChI=1S/C15H22F2N2OS/c1-10(9-21)13-3-2-12(11-4-5-20-8-11)14(19-13)6-18-7-15(16)17/h2-3,10-11,15,18,21H,4-9H2,1H3. The summed E-state index contributed by atoms with van der Waals surface area (Å²) in [5.74, 6) is 1.28. The zero-order chi connectivity index (χ0) is 15.2. The Morgan fingerprint density at radius 1 is 1.48 bits per heavy atom. The van der Waals surface area contributed by atoms with Gasteiger partial charge in [-0.15, -0.1) is 0 Å². The van der Waals surface area contributed by atoms with E-state index >= 15 is 0 Å². The number of pyridine rings is 1. The smallest absolute Gasteiger partial charge is 0.250 e. The SMILES string of the molecule is CC(CS)c1ccc(C2CCOC2)c(CNCC(F)F)n1. The molecule has 2 unspecified atom stereocenters. The molecule has 1 saturated heterocycles. The third-order valence-corrected chi connectivity index (χ3v) is 4.32. The quantitative estimate of drug-likeness (QED) is 0.759. The molecule has 2 rings (SSSR count). The molecule has 1 N–H and O–H groups in total. The molecule has 21 heavy (non-hydrogen) atoms. The molecular weight excluding hydrogens is 294 g/mol. The Morgan fingerprint density at radius 3 is 2.90 bits per heavy atom. The van der Waals surface area contributed by atoms with Gasteiger partial charge >= 0.3 is 0 Å². The summed E-state index contributed by atoms with van der Waals surface area (Å²) in [7, 11) is 0. The number of ether oxygens (including phenoxy) is 1. The molecular formula is C15H22F2N2OS. The van der Waals surface area contributed by atoms with Gasteiger partial charge in [-0.3, -0.25) is 4.98 Å². The first kappa shape index (κ1) is 16.6. The summed E-state index contributed by atoms with van der Waals surface area (Å²) in [5, 5.41) is 2.78. The molecule has 0 saturated carbocycles. The molecule has 1 aromatic rings. The topological polar surface area (TPSA) is 34.1 Å². The summed E-state index contributed by atoms with van der Waals surface area (Å²) in [6.07, 6.45) is -1.38. The Bertz CT molecular complexity index is 453. The monoisotopic (exact) mass is 316 g/mol. The maximum atomic E-state index is 12.3. The summed E-state index contributed by atoms with van der Waals surface area (Å²) in [4.78, 5) is 4.67. The first-order valence-corrected chi connectivity index (χ1v) is 7.92. The zero-order valence-electron chi connectivity index (χ0n) is 12.2. The summed E-state index contributed by atoms with van der Waals surface area (Å²) < 4.78 is 30.0.